The molecule has 1 rings (SSSR count). The standard InChI is InChI=1S/C15H18N2O2/c1-12(2)17(11-5-10-16)14-7-4-3-6-13(14)8-9-15(18)19/h3-4,6-9,12H,5,11H2,1-2H3,(H,18,19). The number of carboxylic acids is 1. The highest BCUT2D eigenvalue weighted by Crippen LogP contribution is 2.24. The van der Waals surface area contributed by atoms with E-state index in [0.717, 1.165) is 17.3 Å². The van der Waals surface area contributed by atoms with Gasteiger partial charge >= 0.3 is 5.97 Å². The van der Waals surface area contributed by atoms with Crippen LogP contribution in [0, 0.1) is 11.3 Å². The first-order chi connectivity index (χ1) is 9.06. The molecular formula is C15H18N2O2. The zero-order chi connectivity index (χ0) is 14.3. The Morgan fingerprint density at radius 1 is 1.47 bits per heavy atom. The molecule has 0 aliphatic rings. The summed E-state index contributed by atoms with van der Waals surface area (Å²) in [5.74, 6) is -0.970. The van der Waals surface area contributed by atoms with Gasteiger partial charge in [-0.05, 0) is 31.6 Å². The fourth-order valence-electron chi connectivity index (χ4n) is 1.88. The molecule has 0 aromatic heterocycles. The first-order valence-corrected chi connectivity index (χ1v) is 6.20. The first-order valence-electron chi connectivity index (χ1n) is 6.20. The molecule has 1 aromatic rings. The van der Waals surface area contributed by atoms with Gasteiger partial charge in [0, 0.05) is 24.4 Å². The zero-order valence-corrected chi connectivity index (χ0v) is 11.2. The number of benzene rings is 1. The van der Waals surface area contributed by atoms with Gasteiger partial charge in [-0.3, -0.25) is 0 Å². The average Bonchev–Trinajstić information content (AvgIpc) is 2.37. The van der Waals surface area contributed by atoms with Crippen LogP contribution in [-0.2, 0) is 4.79 Å². The Kier molecular flexibility index (Phi) is 5.62. The second kappa shape index (κ2) is 7.22. The van der Waals surface area contributed by atoms with E-state index >= 15 is 0 Å². The maximum atomic E-state index is 10.6. The molecule has 4 heteroatoms. The molecule has 0 atom stereocenters. The first kappa shape index (κ1) is 14.8. The summed E-state index contributed by atoms with van der Waals surface area (Å²) in [5, 5.41) is 17.4. The maximum Gasteiger partial charge on any atom is 0.328 e. The van der Waals surface area contributed by atoms with Crippen molar-refractivity contribution in [3.8, 4) is 6.07 Å². The van der Waals surface area contributed by atoms with Gasteiger partial charge in [0.1, 0.15) is 0 Å². The van der Waals surface area contributed by atoms with E-state index in [9.17, 15) is 4.79 Å². The number of anilines is 1. The van der Waals surface area contributed by atoms with Gasteiger partial charge in [-0.25, -0.2) is 4.79 Å². The van der Waals surface area contributed by atoms with Crippen LogP contribution in [0.15, 0.2) is 30.3 Å². The van der Waals surface area contributed by atoms with Gasteiger partial charge in [-0.1, -0.05) is 18.2 Å². The van der Waals surface area contributed by atoms with Gasteiger partial charge in [-0.2, -0.15) is 5.26 Å². The van der Waals surface area contributed by atoms with Crippen molar-refractivity contribution < 1.29 is 9.90 Å². The number of para-hydroxylation sites is 1. The summed E-state index contributed by atoms with van der Waals surface area (Å²) in [6.07, 6.45) is 3.15. The molecule has 4 nitrogen and oxygen atoms in total. The monoisotopic (exact) mass is 258 g/mol. The third kappa shape index (κ3) is 4.47. The number of carboxylic acid groups (broad SMARTS) is 1. The van der Waals surface area contributed by atoms with Crippen LogP contribution >= 0.6 is 0 Å². The lowest BCUT2D eigenvalue weighted by Crippen LogP contribution is -2.32. The van der Waals surface area contributed by atoms with Gasteiger partial charge in [0.05, 0.1) is 12.5 Å². The molecule has 0 saturated carbocycles. The van der Waals surface area contributed by atoms with Crippen LogP contribution in [0.3, 0.4) is 0 Å². The van der Waals surface area contributed by atoms with E-state index in [-0.39, 0.29) is 6.04 Å². The van der Waals surface area contributed by atoms with Crippen LogP contribution in [0.25, 0.3) is 6.08 Å². The predicted octanol–water partition coefficient (Wildman–Crippen LogP) is 2.91. The summed E-state index contributed by atoms with van der Waals surface area (Å²) in [4.78, 5) is 12.7. The third-order valence-electron chi connectivity index (χ3n) is 2.74. The van der Waals surface area contributed by atoms with Crippen molar-refractivity contribution in [2.75, 3.05) is 11.4 Å². The maximum absolute atomic E-state index is 10.6. The van der Waals surface area contributed by atoms with E-state index in [4.69, 9.17) is 10.4 Å². The van der Waals surface area contributed by atoms with Crippen molar-refractivity contribution >= 4 is 17.7 Å². The number of hydrogen-bond acceptors (Lipinski definition) is 3. The Morgan fingerprint density at radius 3 is 2.74 bits per heavy atom. The zero-order valence-electron chi connectivity index (χ0n) is 11.2. The third-order valence-corrected chi connectivity index (χ3v) is 2.74. The minimum Gasteiger partial charge on any atom is -0.478 e. The number of hydrogen-bond donors (Lipinski definition) is 1. The van der Waals surface area contributed by atoms with Crippen LogP contribution < -0.4 is 4.90 Å². The van der Waals surface area contributed by atoms with Gasteiger partial charge < -0.3 is 10.0 Å². The van der Waals surface area contributed by atoms with Crippen LogP contribution in [0.5, 0.6) is 0 Å². The van der Waals surface area contributed by atoms with Gasteiger partial charge in [-0.15, -0.1) is 0 Å². The second-order valence-corrected chi connectivity index (χ2v) is 4.43. The SMILES string of the molecule is CC(C)N(CCC#N)c1ccccc1C=CC(=O)O. The normalized spacial score (nSPS) is 10.6. The minimum atomic E-state index is -0.970. The lowest BCUT2D eigenvalue weighted by Gasteiger charge is -2.29. The molecule has 0 heterocycles. The highest BCUT2D eigenvalue weighted by Gasteiger charge is 2.12. The number of aliphatic carboxylic acids is 1. The molecule has 0 radical (unpaired) electrons. The van der Waals surface area contributed by atoms with E-state index in [1.165, 1.54) is 0 Å². The number of nitrogens with zero attached hydrogens (tertiary/aromatic N) is 2. The molecule has 100 valence electrons. The highest BCUT2D eigenvalue weighted by atomic mass is 16.4. The topological polar surface area (TPSA) is 64.3 Å². The molecule has 0 fully saturated rings. The van der Waals surface area contributed by atoms with E-state index in [1.807, 2.05) is 24.3 Å². The fourth-order valence-corrected chi connectivity index (χ4v) is 1.88. The van der Waals surface area contributed by atoms with Crippen molar-refractivity contribution in [3.63, 3.8) is 0 Å². The van der Waals surface area contributed by atoms with E-state index < -0.39 is 5.97 Å². The number of carbonyl (C=O) groups is 1. The molecule has 0 aliphatic carbocycles. The Balaban J connectivity index is 3.08. The van der Waals surface area contributed by atoms with Crippen molar-refractivity contribution in [1.82, 2.24) is 0 Å². The molecule has 0 amide bonds. The molecule has 0 spiro atoms. The van der Waals surface area contributed by atoms with Crippen molar-refractivity contribution in [2.45, 2.75) is 26.3 Å². The lowest BCUT2D eigenvalue weighted by atomic mass is 10.1. The average molecular weight is 258 g/mol. The van der Waals surface area contributed by atoms with Crippen molar-refractivity contribution in [3.05, 3.63) is 35.9 Å². The molecule has 19 heavy (non-hydrogen) atoms. The summed E-state index contributed by atoms with van der Waals surface area (Å²) in [6, 6.07) is 9.98. The summed E-state index contributed by atoms with van der Waals surface area (Å²) >= 11 is 0. The van der Waals surface area contributed by atoms with Gasteiger partial charge in [0.25, 0.3) is 0 Å². The lowest BCUT2D eigenvalue weighted by molar-refractivity contribution is -0.131. The summed E-state index contributed by atoms with van der Waals surface area (Å²) in [7, 11) is 0. The van der Waals surface area contributed by atoms with Crippen LogP contribution in [0.1, 0.15) is 25.8 Å². The Labute approximate surface area is 113 Å². The van der Waals surface area contributed by atoms with Gasteiger partial charge in [0.15, 0.2) is 0 Å². The molecule has 0 aliphatic heterocycles. The summed E-state index contributed by atoms with van der Waals surface area (Å²) in [6.45, 7) is 4.73. The molecular weight excluding hydrogens is 240 g/mol. The second-order valence-electron chi connectivity index (χ2n) is 4.43. The quantitative estimate of drug-likeness (QED) is 0.797. The van der Waals surface area contributed by atoms with Crippen molar-refractivity contribution in [1.29, 1.82) is 5.26 Å². The summed E-state index contributed by atoms with van der Waals surface area (Å²) in [5.41, 5.74) is 1.79. The van der Waals surface area contributed by atoms with Crippen LogP contribution in [0.2, 0.25) is 0 Å². The Bertz CT molecular complexity index is 501. The summed E-state index contributed by atoms with van der Waals surface area (Å²) < 4.78 is 0. The Morgan fingerprint density at radius 2 is 2.16 bits per heavy atom. The van der Waals surface area contributed by atoms with Crippen LogP contribution in [0.4, 0.5) is 5.69 Å². The number of nitriles is 1. The number of rotatable bonds is 6. The molecule has 1 N–H and O–H groups in total. The van der Waals surface area contributed by atoms with Crippen LogP contribution in [-0.4, -0.2) is 23.7 Å². The molecule has 1 aromatic carbocycles. The molecule has 0 saturated heterocycles. The van der Waals surface area contributed by atoms with Crippen molar-refractivity contribution in [2.24, 2.45) is 0 Å². The smallest absolute Gasteiger partial charge is 0.328 e. The van der Waals surface area contributed by atoms with E-state index in [2.05, 4.69) is 24.8 Å². The minimum absolute atomic E-state index is 0.243. The van der Waals surface area contributed by atoms with E-state index in [0.29, 0.717) is 13.0 Å². The molecule has 0 bridgehead atoms. The predicted molar refractivity (Wildman–Crippen MR) is 75.8 cm³/mol. The Hall–Kier alpha value is -2.28. The largest absolute Gasteiger partial charge is 0.478 e. The van der Waals surface area contributed by atoms with Gasteiger partial charge in [0.2, 0.25) is 0 Å². The van der Waals surface area contributed by atoms with E-state index in [1.54, 1.807) is 6.08 Å². The highest BCUT2D eigenvalue weighted by molar-refractivity contribution is 5.87. The molecule has 0 unspecified atom stereocenters. The fraction of sp³-hybridized carbons (Fsp3) is 0.333.